The van der Waals surface area contributed by atoms with Crippen molar-refractivity contribution in [2.24, 2.45) is 0 Å². The number of hydrogen-bond donors (Lipinski definition) is 1. The number of benzene rings is 2. The van der Waals surface area contributed by atoms with Crippen molar-refractivity contribution in [3.63, 3.8) is 0 Å². The van der Waals surface area contributed by atoms with Crippen LogP contribution in [0.3, 0.4) is 0 Å². The molecular weight excluding hydrogens is 411 g/mol. The maximum absolute atomic E-state index is 11.4. The molecule has 0 amide bonds. The Morgan fingerprint density at radius 2 is 1.80 bits per heavy atom. The van der Waals surface area contributed by atoms with E-state index >= 15 is 0 Å². The molecule has 0 radical (unpaired) electrons. The molecule has 0 bridgehead atoms. The molecule has 6 heteroatoms. The van der Waals surface area contributed by atoms with Crippen LogP contribution in [0.5, 0.6) is 5.75 Å². The largest absolute Gasteiger partial charge is 0.478 e. The molecule has 20 heavy (non-hydrogen) atoms. The van der Waals surface area contributed by atoms with E-state index in [4.69, 9.17) is 16.3 Å². The van der Waals surface area contributed by atoms with E-state index in [1.165, 1.54) is 0 Å². The molecular formula is C14H9Br2ClO3. The predicted molar refractivity (Wildman–Crippen MR) is 84.3 cm³/mol. The zero-order valence-electron chi connectivity index (χ0n) is 10.0. The molecule has 0 fully saturated rings. The minimum atomic E-state index is -1.09. The molecule has 1 unspecified atom stereocenters. The molecule has 2 rings (SSSR count). The van der Waals surface area contributed by atoms with Crippen molar-refractivity contribution in [3.05, 3.63) is 62.0 Å². The number of ether oxygens (including phenoxy) is 1. The lowest BCUT2D eigenvalue weighted by molar-refractivity contribution is -0.145. The van der Waals surface area contributed by atoms with Crippen LogP contribution < -0.4 is 4.74 Å². The standard InChI is InChI=1S/C14H9Br2ClO3/c15-9-3-6-12(11(16)7-9)20-13(14(18)19)8-1-4-10(17)5-2-8/h1-7,13H,(H,18,19). The molecule has 2 aromatic rings. The summed E-state index contributed by atoms with van der Waals surface area (Å²) in [4.78, 5) is 11.4. The number of carbonyl (C=O) groups is 1. The highest BCUT2D eigenvalue weighted by molar-refractivity contribution is 9.11. The van der Waals surface area contributed by atoms with E-state index in [-0.39, 0.29) is 0 Å². The summed E-state index contributed by atoms with van der Waals surface area (Å²) in [7, 11) is 0. The lowest BCUT2D eigenvalue weighted by atomic mass is 10.1. The first-order valence-corrected chi connectivity index (χ1v) is 7.54. The number of carboxylic acid groups (broad SMARTS) is 1. The summed E-state index contributed by atoms with van der Waals surface area (Å²) >= 11 is 12.5. The summed E-state index contributed by atoms with van der Waals surface area (Å²) in [6.45, 7) is 0. The Hall–Kier alpha value is -1.04. The molecule has 0 aliphatic carbocycles. The second kappa shape index (κ2) is 6.61. The Balaban J connectivity index is 2.30. The molecule has 0 saturated heterocycles. The molecule has 0 spiro atoms. The average Bonchev–Trinajstić information content (AvgIpc) is 2.39. The molecule has 0 aliphatic heterocycles. The van der Waals surface area contributed by atoms with E-state index in [9.17, 15) is 9.90 Å². The van der Waals surface area contributed by atoms with Gasteiger partial charge in [0.15, 0.2) is 0 Å². The van der Waals surface area contributed by atoms with E-state index in [0.717, 1.165) is 4.47 Å². The minimum absolute atomic E-state index is 0.454. The Morgan fingerprint density at radius 1 is 1.15 bits per heavy atom. The molecule has 0 saturated carbocycles. The topological polar surface area (TPSA) is 46.5 Å². The maximum Gasteiger partial charge on any atom is 0.349 e. The Labute approximate surface area is 137 Å². The molecule has 104 valence electrons. The highest BCUT2D eigenvalue weighted by Crippen LogP contribution is 2.32. The fourth-order valence-corrected chi connectivity index (χ4v) is 2.86. The number of carboxylic acids is 1. The summed E-state index contributed by atoms with van der Waals surface area (Å²) in [5.41, 5.74) is 0.525. The van der Waals surface area contributed by atoms with Crippen molar-refractivity contribution in [1.29, 1.82) is 0 Å². The fraction of sp³-hybridized carbons (Fsp3) is 0.0714. The summed E-state index contributed by atoms with van der Waals surface area (Å²) in [6, 6.07) is 11.8. The summed E-state index contributed by atoms with van der Waals surface area (Å²) in [5.74, 6) is -0.613. The van der Waals surface area contributed by atoms with Crippen LogP contribution in [-0.2, 0) is 4.79 Å². The minimum Gasteiger partial charge on any atom is -0.478 e. The smallest absolute Gasteiger partial charge is 0.349 e. The van der Waals surface area contributed by atoms with Crippen LogP contribution in [0.2, 0.25) is 5.02 Å². The summed E-state index contributed by atoms with van der Waals surface area (Å²) < 4.78 is 7.12. The lowest BCUT2D eigenvalue weighted by Gasteiger charge is -2.16. The van der Waals surface area contributed by atoms with E-state index < -0.39 is 12.1 Å². The van der Waals surface area contributed by atoms with Gasteiger partial charge in [-0.25, -0.2) is 4.79 Å². The van der Waals surface area contributed by atoms with Crippen LogP contribution in [0.25, 0.3) is 0 Å². The van der Waals surface area contributed by atoms with E-state index in [0.29, 0.717) is 20.8 Å². The Bertz CT molecular complexity index is 629. The zero-order chi connectivity index (χ0) is 14.7. The quantitative estimate of drug-likeness (QED) is 0.751. The first kappa shape index (κ1) is 15.4. The third kappa shape index (κ3) is 3.75. The SMILES string of the molecule is O=C(O)C(Oc1ccc(Br)cc1Br)c1ccc(Cl)cc1. The van der Waals surface area contributed by atoms with Gasteiger partial charge in [0.1, 0.15) is 5.75 Å². The van der Waals surface area contributed by atoms with Crippen LogP contribution in [-0.4, -0.2) is 11.1 Å². The molecule has 0 aliphatic rings. The molecule has 1 N–H and O–H groups in total. The van der Waals surface area contributed by atoms with E-state index in [1.807, 2.05) is 0 Å². The first-order valence-electron chi connectivity index (χ1n) is 5.57. The van der Waals surface area contributed by atoms with Gasteiger partial charge in [-0.2, -0.15) is 0 Å². The summed E-state index contributed by atoms with van der Waals surface area (Å²) in [5, 5.41) is 9.86. The lowest BCUT2D eigenvalue weighted by Crippen LogP contribution is -2.18. The van der Waals surface area contributed by atoms with Gasteiger partial charge in [-0.05, 0) is 46.3 Å². The number of halogens is 3. The first-order chi connectivity index (χ1) is 9.47. The van der Waals surface area contributed by atoms with E-state index in [2.05, 4.69) is 31.9 Å². The van der Waals surface area contributed by atoms with Gasteiger partial charge in [0.05, 0.1) is 4.47 Å². The average molecular weight is 420 g/mol. The fourth-order valence-electron chi connectivity index (χ4n) is 1.60. The van der Waals surface area contributed by atoms with Crippen molar-refractivity contribution in [1.82, 2.24) is 0 Å². The molecule has 0 heterocycles. The maximum atomic E-state index is 11.4. The highest BCUT2D eigenvalue weighted by Gasteiger charge is 2.22. The van der Waals surface area contributed by atoms with Crippen LogP contribution in [0.1, 0.15) is 11.7 Å². The molecule has 3 nitrogen and oxygen atoms in total. The van der Waals surface area contributed by atoms with Crippen molar-refractivity contribution in [2.75, 3.05) is 0 Å². The second-order valence-electron chi connectivity index (χ2n) is 3.96. The van der Waals surface area contributed by atoms with Gasteiger partial charge >= 0.3 is 5.97 Å². The van der Waals surface area contributed by atoms with Gasteiger partial charge in [-0.15, -0.1) is 0 Å². The zero-order valence-corrected chi connectivity index (χ0v) is 13.9. The van der Waals surface area contributed by atoms with Crippen molar-refractivity contribution >= 4 is 49.4 Å². The van der Waals surface area contributed by atoms with Crippen molar-refractivity contribution in [3.8, 4) is 5.75 Å². The van der Waals surface area contributed by atoms with Crippen molar-refractivity contribution < 1.29 is 14.6 Å². The Kier molecular flexibility index (Phi) is 5.07. The number of aliphatic carboxylic acids is 1. The third-order valence-corrected chi connectivity index (χ3v) is 3.90. The number of rotatable bonds is 4. The van der Waals surface area contributed by atoms with Gasteiger partial charge < -0.3 is 9.84 Å². The highest BCUT2D eigenvalue weighted by atomic mass is 79.9. The third-order valence-electron chi connectivity index (χ3n) is 2.54. The van der Waals surface area contributed by atoms with Crippen molar-refractivity contribution in [2.45, 2.75) is 6.10 Å². The Morgan fingerprint density at radius 3 is 2.35 bits per heavy atom. The molecule has 1 atom stereocenters. The predicted octanol–water partition coefficient (Wildman–Crippen LogP) is 5.07. The van der Waals surface area contributed by atoms with Gasteiger partial charge in [0.2, 0.25) is 6.10 Å². The summed E-state index contributed by atoms with van der Waals surface area (Å²) in [6.07, 6.45) is -1.09. The van der Waals surface area contributed by atoms with Gasteiger partial charge in [-0.1, -0.05) is 39.7 Å². The molecule has 2 aromatic carbocycles. The van der Waals surface area contributed by atoms with Crippen LogP contribution in [0.4, 0.5) is 0 Å². The molecule has 0 aromatic heterocycles. The van der Waals surface area contributed by atoms with Gasteiger partial charge in [0.25, 0.3) is 0 Å². The normalized spacial score (nSPS) is 11.9. The van der Waals surface area contributed by atoms with Crippen LogP contribution in [0.15, 0.2) is 51.4 Å². The van der Waals surface area contributed by atoms with Crippen LogP contribution in [0, 0.1) is 0 Å². The number of hydrogen-bond acceptors (Lipinski definition) is 2. The van der Waals surface area contributed by atoms with Gasteiger partial charge in [-0.3, -0.25) is 0 Å². The van der Waals surface area contributed by atoms with Crippen LogP contribution >= 0.6 is 43.5 Å². The van der Waals surface area contributed by atoms with Gasteiger partial charge in [0, 0.05) is 15.1 Å². The monoisotopic (exact) mass is 418 g/mol. The second-order valence-corrected chi connectivity index (χ2v) is 6.17. The van der Waals surface area contributed by atoms with E-state index in [1.54, 1.807) is 42.5 Å².